The van der Waals surface area contributed by atoms with Crippen molar-refractivity contribution < 1.29 is 9.53 Å². The molecule has 1 amide bonds. The first-order chi connectivity index (χ1) is 8.19. The number of nitrogens with zero attached hydrogens (tertiary/aromatic N) is 1. The van der Waals surface area contributed by atoms with E-state index in [2.05, 4.69) is 10.3 Å². The lowest BCUT2D eigenvalue weighted by atomic mass is 10.4. The van der Waals surface area contributed by atoms with E-state index in [1.54, 1.807) is 24.3 Å². The minimum Gasteiger partial charge on any atom is -0.481 e. The van der Waals surface area contributed by atoms with E-state index in [1.165, 1.54) is 24.6 Å². The molecule has 2 heterocycles. The number of carbonyl (C=O) groups is 1. The SMILES string of the molecule is COc1ccc(NC(=O)c2ccc(Cl)s2)cn1. The number of anilines is 1. The molecule has 0 saturated carbocycles. The molecule has 2 rings (SSSR count). The van der Waals surface area contributed by atoms with E-state index in [4.69, 9.17) is 16.3 Å². The third-order valence-corrected chi connectivity index (χ3v) is 3.23. The fraction of sp³-hybridized carbons (Fsp3) is 0.0909. The predicted octanol–water partition coefficient (Wildman–Crippen LogP) is 3.06. The van der Waals surface area contributed by atoms with Crippen molar-refractivity contribution in [1.82, 2.24) is 4.98 Å². The van der Waals surface area contributed by atoms with E-state index in [9.17, 15) is 4.79 Å². The van der Waals surface area contributed by atoms with Crippen LogP contribution in [0.2, 0.25) is 4.34 Å². The third-order valence-electron chi connectivity index (χ3n) is 2.00. The van der Waals surface area contributed by atoms with E-state index in [1.807, 2.05) is 0 Å². The molecule has 88 valence electrons. The maximum Gasteiger partial charge on any atom is 0.265 e. The Morgan fingerprint density at radius 3 is 2.76 bits per heavy atom. The number of ether oxygens (including phenoxy) is 1. The number of nitrogens with one attached hydrogen (secondary N) is 1. The van der Waals surface area contributed by atoms with Gasteiger partial charge in [0, 0.05) is 6.07 Å². The number of pyridine rings is 1. The van der Waals surface area contributed by atoms with Gasteiger partial charge in [-0.3, -0.25) is 4.79 Å². The molecule has 0 saturated heterocycles. The molecule has 17 heavy (non-hydrogen) atoms. The van der Waals surface area contributed by atoms with E-state index in [0.717, 1.165) is 0 Å². The Balaban J connectivity index is 2.07. The van der Waals surface area contributed by atoms with Gasteiger partial charge in [-0.2, -0.15) is 0 Å². The average Bonchev–Trinajstić information content (AvgIpc) is 2.77. The summed E-state index contributed by atoms with van der Waals surface area (Å²) in [5.74, 6) is 0.302. The Kier molecular flexibility index (Phi) is 3.61. The number of methoxy groups -OCH3 is 1. The number of aromatic nitrogens is 1. The number of thiophene rings is 1. The van der Waals surface area contributed by atoms with Gasteiger partial charge in [-0.1, -0.05) is 11.6 Å². The predicted molar refractivity (Wildman–Crippen MR) is 68.1 cm³/mol. The van der Waals surface area contributed by atoms with Crippen LogP contribution in [0.15, 0.2) is 30.5 Å². The largest absolute Gasteiger partial charge is 0.481 e. The molecule has 4 nitrogen and oxygen atoms in total. The van der Waals surface area contributed by atoms with Crippen LogP contribution < -0.4 is 10.1 Å². The fourth-order valence-electron chi connectivity index (χ4n) is 1.20. The highest BCUT2D eigenvalue weighted by atomic mass is 35.5. The van der Waals surface area contributed by atoms with Crippen molar-refractivity contribution in [2.75, 3.05) is 12.4 Å². The van der Waals surface area contributed by atoms with Crippen LogP contribution >= 0.6 is 22.9 Å². The Morgan fingerprint density at radius 2 is 2.24 bits per heavy atom. The Hall–Kier alpha value is -1.59. The van der Waals surface area contributed by atoms with Crippen LogP contribution in [0, 0.1) is 0 Å². The van der Waals surface area contributed by atoms with Crippen LogP contribution in [0.4, 0.5) is 5.69 Å². The van der Waals surface area contributed by atoms with Crippen LogP contribution in [0.5, 0.6) is 5.88 Å². The molecule has 0 atom stereocenters. The molecule has 0 aliphatic carbocycles. The minimum atomic E-state index is -0.200. The smallest absolute Gasteiger partial charge is 0.265 e. The summed E-state index contributed by atoms with van der Waals surface area (Å²) in [7, 11) is 1.54. The minimum absolute atomic E-state index is 0.200. The highest BCUT2D eigenvalue weighted by Crippen LogP contribution is 2.22. The van der Waals surface area contributed by atoms with Crippen molar-refractivity contribution in [3.63, 3.8) is 0 Å². The average molecular weight is 269 g/mol. The van der Waals surface area contributed by atoms with Crippen LogP contribution in [0.3, 0.4) is 0 Å². The van der Waals surface area contributed by atoms with Gasteiger partial charge in [0.25, 0.3) is 5.91 Å². The maximum absolute atomic E-state index is 11.8. The van der Waals surface area contributed by atoms with Crippen LogP contribution in [-0.4, -0.2) is 18.0 Å². The molecule has 0 radical (unpaired) electrons. The van der Waals surface area contributed by atoms with E-state index in [0.29, 0.717) is 20.8 Å². The van der Waals surface area contributed by atoms with Crippen molar-refractivity contribution in [1.29, 1.82) is 0 Å². The van der Waals surface area contributed by atoms with Crippen molar-refractivity contribution in [3.8, 4) is 5.88 Å². The monoisotopic (exact) mass is 268 g/mol. The van der Waals surface area contributed by atoms with Crippen LogP contribution in [0.1, 0.15) is 9.67 Å². The van der Waals surface area contributed by atoms with E-state index < -0.39 is 0 Å². The molecule has 2 aromatic heterocycles. The number of hydrogen-bond acceptors (Lipinski definition) is 4. The highest BCUT2D eigenvalue weighted by molar-refractivity contribution is 7.18. The van der Waals surface area contributed by atoms with Gasteiger partial charge in [-0.15, -0.1) is 11.3 Å². The van der Waals surface area contributed by atoms with Crippen molar-refractivity contribution in [2.24, 2.45) is 0 Å². The summed E-state index contributed by atoms with van der Waals surface area (Å²) in [5.41, 5.74) is 0.611. The Morgan fingerprint density at radius 1 is 1.41 bits per heavy atom. The summed E-state index contributed by atoms with van der Waals surface area (Å²) in [6.07, 6.45) is 1.53. The van der Waals surface area contributed by atoms with Crippen molar-refractivity contribution in [3.05, 3.63) is 39.7 Å². The molecule has 0 fully saturated rings. The van der Waals surface area contributed by atoms with Gasteiger partial charge in [0.2, 0.25) is 5.88 Å². The van der Waals surface area contributed by atoms with Gasteiger partial charge in [0.1, 0.15) is 0 Å². The zero-order chi connectivity index (χ0) is 12.3. The van der Waals surface area contributed by atoms with Gasteiger partial charge < -0.3 is 10.1 Å². The second kappa shape index (κ2) is 5.16. The lowest BCUT2D eigenvalue weighted by molar-refractivity contribution is 0.103. The Labute approximate surface area is 107 Å². The van der Waals surface area contributed by atoms with Crippen molar-refractivity contribution in [2.45, 2.75) is 0 Å². The third kappa shape index (κ3) is 2.95. The first kappa shape index (κ1) is 11.9. The molecule has 1 N–H and O–H groups in total. The summed E-state index contributed by atoms with van der Waals surface area (Å²) >= 11 is 6.99. The number of hydrogen-bond donors (Lipinski definition) is 1. The molecule has 0 aromatic carbocycles. The molecule has 0 bridgehead atoms. The Bertz CT molecular complexity index is 525. The first-order valence-electron chi connectivity index (χ1n) is 4.76. The quantitative estimate of drug-likeness (QED) is 0.931. The number of halogens is 1. The number of amides is 1. The van der Waals surface area contributed by atoms with Gasteiger partial charge >= 0.3 is 0 Å². The van der Waals surface area contributed by atoms with Crippen LogP contribution in [-0.2, 0) is 0 Å². The van der Waals surface area contributed by atoms with E-state index in [-0.39, 0.29) is 5.91 Å². The number of carbonyl (C=O) groups excluding carboxylic acids is 1. The molecular formula is C11H9ClN2O2S. The standard InChI is InChI=1S/C11H9ClN2O2S/c1-16-10-5-2-7(6-13-10)14-11(15)8-3-4-9(12)17-8/h2-6H,1H3,(H,14,15). The first-order valence-corrected chi connectivity index (χ1v) is 5.95. The van der Waals surface area contributed by atoms with Gasteiger partial charge in [-0.25, -0.2) is 4.98 Å². The number of rotatable bonds is 3. The second-order valence-corrected chi connectivity index (χ2v) is 4.86. The summed E-state index contributed by atoms with van der Waals surface area (Å²) in [4.78, 5) is 16.3. The van der Waals surface area contributed by atoms with Gasteiger partial charge in [-0.05, 0) is 18.2 Å². The van der Waals surface area contributed by atoms with Crippen LogP contribution in [0.25, 0.3) is 0 Å². The fourth-order valence-corrected chi connectivity index (χ4v) is 2.14. The maximum atomic E-state index is 11.8. The van der Waals surface area contributed by atoms with Gasteiger partial charge in [0.05, 0.1) is 28.2 Å². The summed E-state index contributed by atoms with van der Waals surface area (Å²) in [6, 6.07) is 6.77. The summed E-state index contributed by atoms with van der Waals surface area (Å²) < 4.78 is 5.51. The highest BCUT2D eigenvalue weighted by Gasteiger charge is 2.08. The molecule has 0 spiro atoms. The van der Waals surface area contributed by atoms with Crippen molar-refractivity contribution >= 4 is 34.5 Å². The molecule has 0 aliphatic heterocycles. The molecule has 0 aliphatic rings. The topological polar surface area (TPSA) is 51.2 Å². The molecule has 0 unspecified atom stereocenters. The van der Waals surface area contributed by atoms with E-state index >= 15 is 0 Å². The summed E-state index contributed by atoms with van der Waals surface area (Å²) in [6.45, 7) is 0. The second-order valence-electron chi connectivity index (χ2n) is 3.15. The molecule has 2 aromatic rings. The normalized spacial score (nSPS) is 10.0. The lowest BCUT2D eigenvalue weighted by Gasteiger charge is -2.03. The lowest BCUT2D eigenvalue weighted by Crippen LogP contribution is -2.10. The zero-order valence-electron chi connectivity index (χ0n) is 8.94. The zero-order valence-corrected chi connectivity index (χ0v) is 10.5. The summed E-state index contributed by atoms with van der Waals surface area (Å²) in [5, 5.41) is 2.72. The van der Waals surface area contributed by atoms with Gasteiger partial charge in [0.15, 0.2) is 0 Å². The molecular weight excluding hydrogens is 260 g/mol. The molecule has 6 heteroatoms.